The van der Waals surface area contributed by atoms with Crippen molar-refractivity contribution in [3.8, 4) is 5.75 Å². The predicted octanol–water partition coefficient (Wildman–Crippen LogP) is 1.77. The summed E-state index contributed by atoms with van der Waals surface area (Å²) in [5.41, 5.74) is 0.505. The lowest BCUT2D eigenvalue weighted by molar-refractivity contribution is -0.131. The summed E-state index contributed by atoms with van der Waals surface area (Å²) in [6, 6.07) is 1.96. The third-order valence-corrected chi connectivity index (χ3v) is 2.45. The first-order chi connectivity index (χ1) is 9.95. The van der Waals surface area contributed by atoms with Crippen LogP contribution in [0.3, 0.4) is 0 Å². The Kier molecular flexibility index (Phi) is 4.27. The minimum atomic E-state index is -1.21. The van der Waals surface area contributed by atoms with E-state index in [0.29, 0.717) is 5.69 Å². The molecule has 0 saturated heterocycles. The highest BCUT2D eigenvalue weighted by Crippen LogP contribution is 2.24. The Bertz CT molecular complexity index is 675. The highest BCUT2D eigenvalue weighted by Gasteiger charge is 2.13. The number of carboxylic acid groups (broad SMARTS) is 1. The number of aromatic nitrogens is 3. The van der Waals surface area contributed by atoms with E-state index in [2.05, 4.69) is 10.3 Å². The zero-order chi connectivity index (χ0) is 15.4. The number of carboxylic acids is 1. The lowest BCUT2D eigenvalue weighted by Gasteiger charge is -2.07. The van der Waals surface area contributed by atoms with Crippen LogP contribution in [-0.2, 0) is 18.4 Å². The standard InChI is InChI=1S/C13H11F2N3O3/c1-18-6-9(16-17-18)7-21-13-10(14)4-8(5-11(13)15)2-3-12(19)20/h2-6H,7H2,1H3,(H,19,20)/b3-2+. The van der Waals surface area contributed by atoms with Gasteiger partial charge in [0, 0.05) is 13.1 Å². The molecule has 1 N–H and O–H groups in total. The van der Waals surface area contributed by atoms with Crippen molar-refractivity contribution >= 4 is 12.0 Å². The molecule has 0 bridgehead atoms. The second-order valence-corrected chi connectivity index (χ2v) is 4.16. The fourth-order valence-corrected chi connectivity index (χ4v) is 1.59. The van der Waals surface area contributed by atoms with Gasteiger partial charge in [-0.2, -0.15) is 0 Å². The van der Waals surface area contributed by atoms with Gasteiger partial charge in [-0.05, 0) is 23.8 Å². The second-order valence-electron chi connectivity index (χ2n) is 4.16. The summed E-state index contributed by atoms with van der Waals surface area (Å²) in [4.78, 5) is 10.4. The molecule has 0 fully saturated rings. The molecule has 0 aliphatic heterocycles. The second kappa shape index (κ2) is 6.12. The molecule has 0 radical (unpaired) electrons. The van der Waals surface area contributed by atoms with Gasteiger partial charge in [-0.3, -0.25) is 4.68 Å². The molecule has 8 heteroatoms. The van der Waals surface area contributed by atoms with Gasteiger partial charge >= 0.3 is 5.97 Å². The lowest BCUT2D eigenvalue weighted by Crippen LogP contribution is -2.01. The largest absolute Gasteiger partial charge is 0.481 e. The Morgan fingerprint density at radius 3 is 2.62 bits per heavy atom. The molecular formula is C13H11F2N3O3. The molecule has 0 atom stereocenters. The lowest BCUT2D eigenvalue weighted by atomic mass is 10.2. The van der Waals surface area contributed by atoms with Crippen molar-refractivity contribution in [2.45, 2.75) is 6.61 Å². The summed E-state index contributed by atoms with van der Waals surface area (Å²) in [5, 5.41) is 15.9. The Balaban J connectivity index is 2.15. The number of carbonyl (C=O) groups is 1. The smallest absolute Gasteiger partial charge is 0.328 e. The average Bonchev–Trinajstić information content (AvgIpc) is 2.81. The van der Waals surface area contributed by atoms with Gasteiger partial charge in [-0.15, -0.1) is 5.10 Å². The number of benzene rings is 1. The summed E-state index contributed by atoms with van der Waals surface area (Å²) >= 11 is 0. The van der Waals surface area contributed by atoms with Crippen LogP contribution >= 0.6 is 0 Å². The van der Waals surface area contributed by atoms with Crippen LogP contribution in [0.15, 0.2) is 24.4 Å². The average molecular weight is 295 g/mol. The molecule has 2 aromatic rings. The Labute approximate surface area is 118 Å². The summed E-state index contributed by atoms with van der Waals surface area (Å²) in [6.07, 6.45) is 3.43. The first-order valence-electron chi connectivity index (χ1n) is 5.84. The first-order valence-corrected chi connectivity index (χ1v) is 5.84. The molecule has 110 valence electrons. The van der Waals surface area contributed by atoms with Gasteiger partial charge in [0.1, 0.15) is 12.3 Å². The molecule has 0 spiro atoms. The summed E-state index contributed by atoms with van der Waals surface area (Å²) in [6.45, 7) is -0.133. The normalized spacial score (nSPS) is 11.0. The minimum Gasteiger partial charge on any atom is -0.481 e. The summed E-state index contributed by atoms with van der Waals surface area (Å²) in [7, 11) is 1.65. The van der Waals surface area contributed by atoms with Gasteiger partial charge in [0.05, 0.1) is 6.20 Å². The summed E-state index contributed by atoms with van der Waals surface area (Å²) < 4.78 is 34.0. The van der Waals surface area contributed by atoms with Crippen LogP contribution < -0.4 is 4.74 Å². The number of rotatable bonds is 5. The van der Waals surface area contributed by atoms with Gasteiger partial charge in [-0.25, -0.2) is 13.6 Å². The topological polar surface area (TPSA) is 77.2 Å². The number of ether oxygens (including phenoxy) is 1. The first kappa shape index (κ1) is 14.6. The van der Waals surface area contributed by atoms with Crippen LogP contribution in [0.1, 0.15) is 11.3 Å². The number of halogens is 2. The molecule has 6 nitrogen and oxygen atoms in total. The van der Waals surface area contributed by atoms with Crippen molar-refractivity contribution in [1.29, 1.82) is 0 Å². The van der Waals surface area contributed by atoms with E-state index in [1.807, 2.05) is 0 Å². The van der Waals surface area contributed by atoms with E-state index in [1.54, 1.807) is 13.2 Å². The van der Waals surface area contributed by atoms with Crippen LogP contribution in [0.5, 0.6) is 5.75 Å². The van der Waals surface area contributed by atoms with E-state index in [9.17, 15) is 13.6 Å². The molecule has 0 aliphatic carbocycles. The van der Waals surface area contributed by atoms with Gasteiger partial charge in [0.25, 0.3) is 0 Å². The highest BCUT2D eigenvalue weighted by molar-refractivity contribution is 5.85. The van der Waals surface area contributed by atoms with E-state index in [1.165, 1.54) is 4.68 Å². The third kappa shape index (κ3) is 3.85. The van der Waals surface area contributed by atoms with Crippen molar-refractivity contribution in [1.82, 2.24) is 15.0 Å². The maximum Gasteiger partial charge on any atom is 0.328 e. The number of aryl methyl sites for hydroxylation is 1. The fraction of sp³-hybridized carbons (Fsp3) is 0.154. The van der Waals surface area contributed by atoms with Gasteiger partial charge in [0.2, 0.25) is 0 Å². The zero-order valence-corrected chi connectivity index (χ0v) is 11.0. The molecule has 0 aliphatic rings. The highest BCUT2D eigenvalue weighted by atomic mass is 19.1. The molecule has 1 heterocycles. The van der Waals surface area contributed by atoms with Crippen LogP contribution in [0.2, 0.25) is 0 Å². The van der Waals surface area contributed by atoms with Crippen molar-refractivity contribution in [3.05, 3.63) is 47.3 Å². The minimum absolute atomic E-state index is 0.0826. The Hall–Kier alpha value is -2.77. The number of aliphatic carboxylic acids is 1. The quantitative estimate of drug-likeness (QED) is 0.851. The Morgan fingerprint density at radius 2 is 2.10 bits per heavy atom. The van der Waals surface area contributed by atoms with Crippen molar-refractivity contribution in [2.75, 3.05) is 0 Å². The van der Waals surface area contributed by atoms with Gasteiger partial charge in [0.15, 0.2) is 17.4 Å². The van der Waals surface area contributed by atoms with Gasteiger partial charge in [-0.1, -0.05) is 5.21 Å². The zero-order valence-electron chi connectivity index (χ0n) is 11.0. The third-order valence-electron chi connectivity index (χ3n) is 2.45. The fourth-order valence-electron chi connectivity index (χ4n) is 1.59. The van der Waals surface area contributed by atoms with Crippen LogP contribution in [-0.4, -0.2) is 26.1 Å². The molecule has 2 rings (SSSR count). The van der Waals surface area contributed by atoms with E-state index < -0.39 is 23.4 Å². The van der Waals surface area contributed by atoms with Crippen LogP contribution in [0, 0.1) is 11.6 Å². The number of hydrogen-bond acceptors (Lipinski definition) is 4. The molecular weight excluding hydrogens is 284 g/mol. The van der Waals surface area contributed by atoms with E-state index in [0.717, 1.165) is 24.3 Å². The molecule has 0 amide bonds. The number of nitrogens with zero attached hydrogens (tertiary/aromatic N) is 3. The van der Waals surface area contributed by atoms with E-state index >= 15 is 0 Å². The number of hydrogen-bond donors (Lipinski definition) is 1. The van der Waals surface area contributed by atoms with E-state index in [4.69, 9.17) is 9.84 Å². The molecule has 21 heavy (non-hydrogen) atoms. The molecule has 1 aromatic carbocycles. The van der Waals surface area contributed by atoms with Crippen molar-refractivity contribution in [2.24, 2.45) is 7.05 Å². The SMILES string of the molecule is Cn1cc(COc2c(F)cc(/C=C/C(=O)O)cc2F)nn1. The monoisotopic (exact) mass is 295 g/mol. The van der Waals surface area contributed by atoms with Crippen LogP contribution in [0.25, 0.3) is 6.08 Å². The maximum atomic E-state index is 13.8. The molecule has 1 aromatic heterocycles. The predicted molar refractivity (Wildman–Crippen MR) is 68.4 cm³/mol. The molecule has 0 saturated carbocycles. The maximum absolute atomic E-state index is 13.8. The van der Waals surface area contributed by atoms with Crippen molar-refractivity contribution in [3.63, 3.8) is 0 Å². The van der Waals surface area contributed by atoms with E-state index in [-0.39, 0.29) is 12.2 Å². The Morgan fingerprint density at radius 1 is 1.43 bits per heavy atom. The van der Waals surface area contributed by atoms with Gasteiger partial charge < -0.3 is 9.84 Å². The van der Waals surface area contributed by atoms with Crippen LogP contribution in [0.4, 0.5) is 8.78 Å². The van der Waals surface area contributed by atoms with Crippen molar-refractivity contribution < 1.29 is 23.4 Å². The summed E-state index contributed by atoms with van der Waals surface area (Å²) in [5.74, 6) is -3.61. The molecule has 0 unspecified atom stereocenters.